The summed E-state index contributed by atoms with van der Waals surface area (Å²) in [6.07, 6.45) is 1.15. The highest BCUT2D eigenvalue weighted by atomic mass is 35.5. The topological polar surface area (TPSA) is 64.0 Å². The highest BCUT2D eigenvalue weighted by Gasteiger charge is 2.30. The zero-order valence-electron chi connectivity index (χ0n) is 11.1. The van der Waals surface area contributed by atoms with Crippen LogP contribution in [0.4, 0.5) is 4.39 Å². The molecule has 1 fully saturated rings. The number of imidazole rings is 1. The number of nitrogens with zero attached hydrogens (tertiary/aromatic N) is 2. The number of fused-ring (bicyclic) bond motifs is 1. The van der Waals surface area contributed by atoms with Crippen LogP contribution in [-0.4, -0.2) is 27.2 Å². The predicted octanol–water partition coefficient (Wildman–Crippen LogP) is 1.93. The fourth-order valence-electron chi connectivity index (χ4n) is 2.66. The van der Waals surface area contributed by atoms with Gasteiger partial charge in [0.2, 0.25) is 11.8 Å². The molecule has 1 atom stereocenters. The molecule has 21 heavy (non-hydrogen) atoms. The Bertz CT molecular complexity index is 728. The molecule has 0 spiro atoms. The Kier molecular flexibility index (Phi) is 3.63. The molecule has 1 aromatic carbocycles. The van der Waals surface area contributed by atoms with Gasteiger partial charge in [0.15, 0.2) is 0 Å². The Morgan fingerprint density at radius 2 is 2.24 bits per heavy atom. The second kappa shape index (κ2) is 5.44. The lowest BCUT2D eigenvalue weighted by atomic mass is 10.1. The molecule has 3 rings (SSSR count). The van der Waals surface area contributed by atoms with Crippen LogP contribution in [0.25, 0.3) is 11.0 Å². The molecule has 1 aliphatic rings. The minimum Gasteiger partial charge on any atom is -0.315 e. The number of nitrogens with one attached hydrogen (secondary N) is 1. The molecule has 5 nitrogen and oxygen atoms in total. The Morgan fingerprint density at radius 3 is 2.95 bits per heavy atom. The van der Waals surface area contributed by atoms with Crippen molar-refractivity contribution in [1.29, 1.82) is 0 Å². The van der Waals surface area contributed by atoms with Crippen LogP contribution < -0.4 is 5.32 Å². The van der Waals surface area contributed by atoms with Gasteiger partial charge in [-0.25, -0.2) is 9.37 Å². The van der Waals surface area contributed by atoms with E-state index in [1.54, 1.807) is 10.6 Å². The van der Waals surface area contributed by atoms with Gasteiger partial charge in [0.25, 0.3) is 0 Å². The number of imide groups is 1. The van der Waals surface area contributed by atoms with Crippen molar-refractivity contribution in [2.24, 2.45) is 0 Å². The van der Waals surface area contributed by atoms with E-state index >= 15 is 0 Å². The maximum atomic E-state index is 13.3. The molecule has 2 aromatic rings. The van der Waals surface area contributed by atoms with Gasteiger partial charge >= 0.3 is 0 Å². The molecule has 0 bridgehead atoms. The van der Waals surface area contributed by atoms with Crippen LogP contribution in [0, 0.1) is 5.82 Å². The lowest BCUT2D eigenvalue weighted by Gasteiger charge is -2.24. The van der Waals surface area contributed by atoms with E-state index in [-0.39, 0.29) is 24.1 Å². The quantitative estimate of drug-likeness (QED) is 0.696. The highest BCUT2D eigenvalue weighted by Crippen LogP contribution is 2.27. The molecule has 2 heterocycles. The lowest BCUT2D eigenvalue weighted by Crippen LogP contribution is -2.42. The van der Waals surface area contributed by atoms with Crippen molar-refractivity contribution in [1.82, 2.24) is 14.9 Å². The number of hydrogen-bond donors (Lipinski definition) is 1. The molecule has 0 aliphatic carbocycles. The van der Waals surface area contributed by atoms with Crippen LogP contribution in [-0.2, 0) is 16.0 Å². The Balaban J connectivity index is 2.12. The van der Waals surface area contributed by atoms with Gasteiger partial charge < -0.3 is 4.57 Å². The molecular formula is C14H13ClFN3O2. The van der Waals surface area contributed by atoms with Crippen LogP contribution in [0.5, 0.6) is 0 Å². The minimum atomic E-state index is -0.517. The average Bonchev–Trinajstić information content (AvgIpc) is 2.76. The van der Waals surface area contributed by atoms with Crippen LogP contribution in [0.1, 0.15) is 24.7 Å². The normalized spacial score (nSPS) is 19.0. The molecule has 2 amide bonds. The molecule has 110 valence electrons. The average molecular weight is 310 g/mol. The van der Waals surface area contributed by atoms with Crippen molar-refractivity contribution in [3.8, 4) is 0 Å². The Morgan fingerprint density at radius 1 is 1.43 bits per heavy atom. The van der Waals surface area contributed by atoms with E-state index in [9.17, 15) is 14.0 Å². The maximum absolute atomic E-state index is 13.3. The first-order valence-electron chi connectivity index (χ1n) is 6.66. The first-order chi connectivity index (χ1) is 10.1. The van der Waals surface area contributed by atoms with Gasteiger partial charge in [-0.15, -0.1) is 11.6 Å². The largest absolute Gasteiger partial charge is 0.315 e. The van der Waals surface area contributed by atoms with Crippen molar-refractivity contribution in [3.63, 3.8) is 0 Å². The summed E-state index contributed by atoms with van der Waals surface area (Å²) in [4.78, 5) is 27.7. The number of benzene rings is 1. The van der Waals surface area contributed by atoms with Gasteiger partial charge in [-0.3, -0.25) is 14.9 Å². The van der Waals surface area contributed by atoms with Gasteiger partial charge in [-0.1, -0.05) is 0 Å². The number of alkyl halides is 1. The van der Waals surface area contributed by atoms with Crippen LogP contribution >= 0.6 is 11.6 Å². The number of hydrogen-bond acceptors (Lipinski definition) is 3. The SMILES string of the molecule is O=C1CCC(n2c(CCCl)nc3cc(F)ccc32)C(=O)N1. The van der Waals surface area contributed by atoms with Gasteiger partial charge in [0, 0.05) is 24.8 Å². The second-order valence-corrected chi connectivity index (χ2v) is 5.31. The summed E-state index contributed by atoms with van der Waals surface area (Å²) in [5.74, 6) is -0.0386. The smallest absolute Gasteiger partial charge is 0.249 e. The molecule has 0 saturated carbocycles. The van der Waals surface area contributed by atoms with E-state index in [1.165, 1.54) is 12.1 Å². The summed E-state index contributed by atoms with van der Waals surface area (Å²) >= 11 is 5.78. The highest BCUT2D eigenvalue weighted by molar-refractivity contribution is 6.18. The van der Waals surface area contributed by atoms with Gasteiger partial charge in [0.05, 0.1) is 11.0 Å². The molecule has 7 heteroatoms. The van der Waals surface area contributed by atoms with Crippen LogP contribution in [0.3, 0.4) is 0 Å². The molecule has 1 aliphatic heterocycles. The Labute approximate surface area is 125 Å². The first-order valence-corrected chi connectivity index (χ1v) is 7.19. The number of aromatic nitrogens is 2. The van der Waals surface area contributed by atoms with Crippen molar-refractivity contribution < 1.29 is 14.0 Å². The maximum Gasteiger partial charge on any atom is 0.249 e. The summed E-state index contributed by atoms with van der Waals surface area (Å²) in [6.45, 7) is 0. The zero-order chi connectivity index (χ0) is 15.0. The number of piperidine rings is 1. The van der Waals surface area contributed by atoms with Crippen LogP contribution in [0.2, 0.25) is 0 Å². The summed E-state index contributed by atoms with van der Waals surface area (Å²) in [5, 5.41) is 2.33. The van der Waals surface area contributed by atoms with Crippen molar-refractivity contribution in [2.75, 3.05) is 5.88 Å². The summed E-state index contributed by atoms with van der Waals surface area (Å²) in [7, 11) is 0. The number of carbonyl (C=O) groups excluding carboxylic acids is 2. The third kappa shape index (κ3) is 2.51. The van der Waals surface area contributed by atoms with Crippen molar-refractivity contribution >= 4 is 34.4 Å². The predicted molar refractivity (Wildman–Crippen MR) is 75.5 cm³/mol. The molecule has 1 aromatic heterocycles. The van der Waals surface area contributed by atoms with Gasteiger partial charge in [0.1, 0.15) is 17.7 Å². The summed E-state index contributed by atoms with van der Waals surface area (Å²) < 4.78 is 15.1. The van der Waals surface area contributed by atoms with E-state index in [0.29, 0.717) is 35.6 Å². The number of halogens is 2. The molecule has 0 radical (unpaired) electrons. The number of aryl methyl sites for hydroxylation is 1. The zero-order valence-corrected chi connectivity index (χ0v) is 11.9. The summed E-state index contributed by atoms with van der Waals surface area (Å²) in [5.41, 5.74) is 1.16. The Hall–Kier alpha value is -1.95. The third-order valence-corrected chi connectivity index (χ3v) is 3.75. The van der Waals surface area contributed by atoms with E-state index in [4.69, 9.17) is 11.6 Å². The standard InChI is InChI=1S/C14H13ClFN3O2/c15-6-5-12-17-9-7-8(16)1-2-10(9)19(12)11-3-4-13(20)18-14(11)21/h1-2,7,11H,3-6H2,(H,18,20,21). The van der Waals surface area contributed by atoms with Crippen molar-refractivity contribution in [2.45, 2.75) is 25.3 Å². The molecular weight excluding hydrogens is 297 g/mol. The fraction of sp³-hybridized carbons (Fsp3) is 0.357. The van der Waals surface area contributed by atoms with Crippen molar-refractivity contribution in [3.05, 3.63) is 29.8 Å². The van der Waals surface area contributed by atoms with Gasteiger partial charge in [-0.2, -0.15) is 0 Å². The summed E-state index contributed by atoms with van der Waals surface area (Å²) in [6, 6.07) is 3.74. The van der Waals surface area contributed by atoms with E-state index in [1.807, 2.05) is 0 Å². The lowest BCUT2D eigenvalue weighted by molar-refractivity contribution is -0.135. The number of carbonyl (C=O) groups is 2. The monoisotopic (exact) mass is 309 g/mol. The van der Waals surface area contributed by atoms with Gasteiger partial charge in [-0.05, 0) is 18.6 Å². The first kappa shape index (κ1) is 14.0. The molecule has 1 saturated heterocycles. The van der Waals surface area contributed by atoms with E-state index in [2.05, 4.69) is 10.3 Å². The fourth-order valence-corrected chi connectivity index (χ4v) is 2.83. The van der Waals surface area contributed by atoms with E-state index in [0.717, 1.165) is 0 Å². The number of rotatable bonds is 3. The second-order valence-electron chi connectivity index (χ2n) is 4.94. The van der Waals surface area contributed by atoms with Crippen LogP contribution in [0.15, 0.2) is 18.2 Å². The van der Waals surface area contributed by atoms with E-state index < -0.39 is 6.04 Å². The third-order valence-electron chi connectivity index (χ3n) is 3.56. The molecule has 1 N–H and O–H groups in total. The minimum absolute atomic E-state index is 0.273. The number of amides is 2. The molecule has 1 unspecified atom stereocenters.